The van der Waals surface area contributed by atoms with Gasteiger partial charge in [0, 0.05) is 18.2 Å². The van der Waals surface area contributed by atoms with Gasteiger partial charge in [-0.2, -0.15) is 0 Å². The zero-order valence-corrected chi connectivity index (χ0v) is 13.6. The number of carbonyl (C=O) groups excluding carboxylic acids is 2. The van der Waals surface area contributed by atoms with Crippen LogP contribution in [-0.4, -0.2) is 37.6 Å². The molecule has 0 aliphatic rings. The van der Waals surface area contributed by atoms with E-state index in [0.29, 0.717) is 17.9 Å². The predicted molar refractivity (Wildman–Crippen MR) is 85.7 cm³/mol. The first-order valence-corrected chi connectivity index (χ1v) is 7.34. The Kier molecular flexibility index (Phi) is 6.85. The second kappa shape index (κ2) is 8.38. The van der Waals surface area contributed by atoms with Crippen LogP contribution >= 0.6 is 0 Å². The molecule has 1 rings (SSSR count). The predicted octanol–water partition coefficient (Wildman–Crippen LogP) is 0.913. The average molecular weight is 307 g/mol. The van der Waals surface area contributed by atoms with Crippen molar-refractivity contribution in [1.82, 2.24) is 10.6 Å². The van der Waals surface area contributed by atoms with Gasteiger partial charge in [-0.05, 0) is 37.1 Å². The van der Waals surface area contributed by atoms with E-state index in [9.17, 15) is 9.59 Å². The summed E-state index contributed by atoms with van der Waals surface area (Å²) in [5.74, 6) is 0.116. The fraction of sp³-hybridized carbons (Fsp3) is 0.500. The van der Waals surface area contributed by atoms with Gasteiger partial charge >= 0.3 is 0 Å². The molecule has 0 aliphatic carbocycles. The first kappa shape index (κ1) is 18.0. The van der Waals surface area contributed by atoms with Crippen molar-refractivity contribution >= 4 is 11.8 Å². The van der Waals surface area contributed by atoms with E-state index >= 15 is 0 Å². The number of hydrogen-bond donors (Lipinski definition) is 3. The van der Waals surface area contributed by atoms with Crippen molar-refractivity contribution in [2.24, 2.45) is 11.7 Å². The van der Waals surface area contributed by atoms with Crippen LogP contribution in [0.1, 0.15) is 31.1 Å². The van der Waals surface area contributed by atoms with E-state index in [0.717, 1.165) is 0 Å². The van der Waals surface area contributed by atoms with Crippen LogP contribution in [0.3, 0.4) is 0 Å². The van der Waals surface area contributed by atoms with Crippen LogP contribution in [0.25, 0.3) is 0 Å². The quantitative estimate of drug-likeness (QED) is 0.698. The first-order chi connectivity index (χ1) is 10.4. The number of carbonyl (C=O) groups is 2. The zero-order valence-electron chi connectivity index (χ0n) is 13.6. The number of amides is 2. The maximum atomic E-state index is 12.3. The Hall–Kier alpha value is -2.08. The Bertz CT molecular complexity index is 500. The molecule has 1 unspecified atom stereocenters. The molecule has 1 aromatic carbocycles. The molecule has 2 atom stereocenters. The third kappa shape index (κ3) is 5.04. The van der Waals surface area contributed by atoms with Crippen LogP contribution in [-0.2, 0) is 4.79 Å². The van der Waals surface area contributed by atoms with Crippen LogP contribution in [0, 0.1) is 5.92 Å². The highest BCUT2D eigenvalue weighted by Crippen LogP contribution is 2.12. The number of nitrogens with one attached hydrogen (secondary N) is 2. The minimum atomic E-state index is -0.608. The molecule has 6 nitrogen and oxygen atoms in total. The largest absolute Gasteiger partial charge is 0.497 e. The fourth-order valence-corrected chi connectivity index (χ4v) is 1.89. The molecule has 0 saturated carbocycles. The van der Waals surface area contributed by atoms with E-state index in [4.69, 9.17) is 10.5 Å². The third-order valence-electron chi connectivity index (χ3n) is 3.33. The van der Waals surface area contributed by atoms with Crippen molar-refractivity contribution in [2.45, 2.75) is 32.9 Å². The maximum absolute atomic E-state index is 12.3. The Labute approximate surface area is 131 Å². The Balaban J connectivity index is 2.76. The van der Waals surface area contributed by atoms with Crippen molar-refractivity contribution in [3.05, 3.63) is 29.8 Å². The van der Waals surface area contributed by atoms with E-state index in [-0.39, 0.29) is 23.8 Å². The molecule has 0 heterocycles. The van der Waals surface area contributed by atoms with Crippen molar-refractivity contribution in [3.8, 4) is 5.75 Å². The summed E-state index contributed by atoms with van der Waals surface area (Å²) < 4.78 is 5.05. The Morgan fingerprint density at radius 1 is 1.14 bits per heavy atom. The molecule has 1 aromatic rings. The van der Waals surface area contributed by atoms with E-state index in [1.54, 1.807) is 31.4 Å². The summed E-state index contributed by atoms with van der Waals surface area (Å²) in [6.07, 6.45) is 0. The topological polar surface area (TPSA) is 93.4 Å². The summed E-state index contributed by atoms with van der Waals surface area (Å²) in [5, 5.41) is 5.55. The third-order valence-corrected chi connectivity index (χ3v) is 3.33. The van der Waals surface area contributed by atoms with Gasteiger partial charge < -0.3 is 21.1 Å². The van der Waals surface area contributed by atoms with Gasteiger partial charge in [0.05, 0.1) is 7.11 Å². The SMILES string of the molecule is COc1ccc(C(=O)NC(C(=O)N[C@@H](C)CN)C(C)C)cc1. The standard InChI is InChI=1S/C16H25N3O3/c1-10(2)14(16(21)18-11(3)9-17)19-15(20)12-5-7-13(22-4)8-6-12/h5-8,10-11,14H,9,17H2,1-4H3,(H,18,21)(H,19,20)/t11-,14?/m0/s1. The molecule has 0 radical (unpaired) electrons. The van der Waals surface area contributed by atoms with Crippen LogP contribution in [0.15, 0.2) is 24.3 Å². The summed E-state index contributed by atoms with van der Waals surface area (Å²) in [5.41, 5.74) is 5.98. The van der Waals surface area contributed by atoms with Gasteiger partial charge in [-0.1, -0.05) is 13.8 Å². The molecule has 22 heavy (non-hydrogen) atoms. The van der Waals surface area contributed by atoms with Gasteiger partial charge in [-0.25, -0.2) is 0 Å². The molecule has 0 spiro atoms. The average Bonchev–Trinajstić information content (AvgIpc) is 2.51. The molecule has 0 aliphatic heterocycles. The maximum Gasteiger partial charge on any atom is 0.251 e. The second-order valence-corrected chi connectivity index (χ2v) is 5.57. The number of nitrogens with two attached hydrogens (primary N) is 1. The smallest absolute Gasteiger partial charge is 0.251 e. The van der Waals surface area contributed by atoms with Gasteiger partial charge in [0.1, 0.15) is 11.8 Å². The molecule has 4 N–H and O–H groups in total. The van der Waals surface area contributed by atoms with Crippen molar-refractivity contribution in [1.29, 1.82) is 0 Å². The second-order valence-electron chi connectivity index (χ2n) is 5.57. The first-order valence-electron chi connectivity index (χ1n) is 7.34. The number of rotatable bonds is 7. The van der Waals surface area contributed by atoms with Crippen LogP contribution in [0.4, 0.5) is 0 Å². The van der Waals surface area contributed by atoms with Gasteiger partial charge in [0.15, 0.2) is 0 Å². The van der Waals surface area contributed by atoms with Crippen molar-refractivity contribution in [2.75, 3.05) is 13.7 Å². The summed E-state index contributed by atoms with van der Waals surface area (Å²) in [6, 6.07) is 5.99. The number of hydrogen-bond acceptors (Lipinski definition) is 4. The van der Waals surface area contributed by atoms with Gasteiger partial charge in [-0.15, -0.1) is 0 Å². The molecule has 2 amide bonds. The highest BCUT2D eigenvalue weighted by Gasteiger charge is 2.25. The molecule has 0 saturated heterocycles. The molecule has 0 bridgehead atoms. The lowest BCUT2D eigenvalue weighted by molar-refractivity contribution is -0.124. The zero-order chi connectivity index (χ0) is 16.7. The molecule has 6 heteroatoms. The van der Waals surface area contributed by atoms with Crippen LogP contribution < -0.4 is 21.1 Å². The normalized spacial score (nSPS) is 13.4. The number of ether oxygens (including phenoxy) is 1. The van der Waals surface area contributed by atoms with Gasteiger partial charge in [0.25, 0.3) is 5.91 Å². The fourth-order valence-electron chi connectivity index (χ4n) is 1.89. The summed E-state index contributed by atoms with van der Waals surface area (Å²) in [4.78, 5) is 24.5. The highest BCUT2D eigenvalue weighted by atomic mass is 16.5. The van der Waals surface area contributed by atoms with Gasteiger partial charge in [0.2, 0.25) is 5.91 Å². The minimum absolute atomic E-state index is 0.0350. The highest BCUT2D eigenvalue weighted by molar-refractivity contribution is 5.97. The Morgan fingerprint density at radius 3 is 2.18 bits per heavy atom. The van der Waals surface area contributed by atoms with Crippen molar-refractivity contribution < 1.29 is 14.3 Å². The number of benzene rings is 1. The lowest BCUT2D eigenvalue weighted by atomic mass is 10.0. The summed E-state index contributed by atoms with van der Waals surface area (Å²) in [7, 11) is 1.56. The molecule has 0 aromatic heterocycles. The van der Waals surface area contributed by atoms with Crippen LogP contribution in [0.2, 0.25) is 0 Å². The van der Waals surface area contributed by atoms with Crippen molar-refractivity contribution in [3.63, 3.8) is 0 Å². The van der Waals surface area contributed by atoms with E-state index in [2.05, 4.69) is 10.6 Å². The van der Waals surface area contributed by atoms with Gasteiger partial charge in [-0.3, -0.25) is 9.59 Å². The van der Waals surface area contributed by atoms with E-state index < -0.39 is 6.04 Å². The molecular weight excluding hydrogens is 282 g/mol. The van der Waals surface area contributed by atoms with E-state index in [1.165, 1.54) is 0 Å². The lowest BCUT2D eigenvalue weighted by Gasteiger charge is -2.23. The minimum Gasteiger partial charge on any atom is -0.497 e. The molecular formula is C16H25N3O3. The molecule has 0 fully saturated rings. The van der Waals surface area contributed by atoms with E-state index in [1.807, 2.05) is 20.8 Å². The number of methoxy groups -OCH3 is 1. The Morgan fingerprint density at radius 2 is 1.73 bits per heavy atom. The monoisotopic (exact) mass is 307 g/mol. The summed E-state index contributed by atoms with van der Waals surface area (Å²) >= 11 is 0. The lowest BCUT2D eigenvalue weighted by Crippen LogP contribution is -2.52. The summed E-state index contributed by atoms with van der Waals surface area (Å²) in [6.45, 7) is 5.93. The van der Waals surface area contributed by atoms with Crippen LogP contribution in [0.5, 0.6) is 5.75 Å². The molecule has 122 valence electrons.